The van der Waals surface area contributed by atoms with E-state index >= 15 is 0 Å². The fourth-order valence-corrected chi connectivity index (χ4v) is 5.64. The van der Waals surface area contributed by atoms with E-state index in [1.54, 1.807) is 11.9 Å². The first kappa shape index (κ1) is 32.7. The van der Waals surface area contributed by atoms with Crippen LogP contribution in [-0.2, 0) is 35.7 Å². The molecule has 1 aromatic carbocycles. The van der Waals surface area contributed by atoms with Crippen LogP contribution in [0.25, 0.3) is 5.57 Å². The van der Waals surface area contributed by atoms with Crippen molar-refractivity contribution in [2.24, 2.45) is 7.05 Å². The standard InChI is InChI=1S/C26H27Cl2F3N5.C2H4O2.ClH/c1-33-9-11-35(16-33)15-23-21-13-17-3-4-18(27)14-20(17)19(21)7-8-36(23)12-10-34(2)24-6-5-22(28)25(32-24)26(29,30)31;1-4-2-3;/h3-6,9,11,14,16,23H,7-8,10,12-13,15H2,1-2H3;2H,1H3;1H/q+1;;/p-1. The van der Waals surface area contributed by atoms with E-state index < -0.39 is 16.9 Å². The molecule has 1 aliphatic heterocycles. The van der Waals surface area contributed by atoms with Crippen LogP contribution in [0.5, 0.6) is 0 Å². The highest BCUT2D eigenvalue weighted by Gasteiger charge is 2.37. The normalized spacial score (nSPS) is 16.2. The van der Waals surface area contributed by atoms with E-state index in [-0.39, 0.29) is 24.3 Å². The summed E-state index contributed by atoms with van der Waals surface area (Å²) in [5.41, 5.74) is 4.29. The number of methoxy groups -OCH3 is 1. The summed E-state index contributed by atoms with van der Waals surface area (Å²) in [5, 5.41) is 0.352. The molecule has 1 unspecified atom stereocenters. The van der Waals surface area contributed by atoms with E-state index in [4.69, 9.17) is 28.0 Å². The average Bonchev–Trinajstić information content (AvgIpc) is 3.50. The number of likely N-dealkylation sites (N-methyl/N-ethyl adjacent to an activating group) is 1. The van der Waals surface area contributed by atoms with Crippen LogP contribution in [0.2, 0.25) is 10.0 Å². The molecule has 7 nitrogen and oxygen atoms in total. The zero-order chi connectivity index (χ0) is 29.0. The largest absolute Gasteiger partial charge is 1.00 e. The zero-order valence-corrected chi connectivity index (χ0v) is 25.1. The number of hydrogen-bond acceptors (Lipinski definition) is 5. The molecule has 0 bridgehead atoms. The van der Waals surface area contributed by atoms with E-state index in [1.807, 2.05) is 23.9 Å². The Balaban J connectivity index is 0.000000869. The molecule has 2 aliphatic rings. The number of carbonyl (C=O) groups is 1. The summed E-state index contributed by atoms with van der Waals surface area (Å²) in [6.07, 6.45) is 3.36. The Labute approximate surface area is 253 Å². The van der Waals surface area contributed by atoms with Crippen molar-refractivity contribution < 1.29 is 39.7 Å². The fraction of sp³-hybridized carbons (Fsp3) is 0.393. The summed E-state index contributed by atoms with van der Waals surface area (Å²) in [7, 11) is 5.07. The Morgan fingerprint density at radius 2 is 1.98 bits per heavy atom. The summed E-state index contributed by atoms with van der Waals surface area (Å²) in [6, 6.07) is 9.09. The molecule has 0 saturated carbocycles. The number of rotatable bonds is 7. The van der Waals surface area contributed by atoms with Gasteiger partial charge >= 0.3 is 6.18 Å². The maximum Gasteiger partial charge on any atom is 0.434 e. The van der Waals surface area contributed by atoms with Crippen LogP contribution >= 0.6 is 23.2 Å². The van der Waals surface area contributed by atoms with E-state index in [9.17, 15) is 13.2 Å². The summed E-state index contributed by atoms with van der Waals surface area (Å²) in [6.45, 7) is 3.25. The van der Waals surface area contributed by atoms with Gasteiger partial charge in [-0.25, -0.2) is 14.1 Å². The van der Waals surface area contributed by atoms with Crippen LogP contribution in [0.15, 0.2) is 54.6 Å². The first-order chi connectivity index (χ1) is 19.0. The third-order valence-electron chi connectivity index (χ3n) is 7.17. The van der Waals surface area contributed by atoms with Gasteiger partial charge in [0.15, 0.2) is 5.69 Å². The number of pyridine rings is 1. The monoisotopic (exact) mass is 631 g/mol. The van der Waals surface area contributed by atoms with Gasteiger partial charge in [-0.3, -0.25) is 9.69 Å². The molecule has 3 aromatic rings. The number of alkyl halides is 3. The van der Waals surface area contributed by atoms with Crippen LogP contribution in [0, 0.1) is 0 Å². The van der Waals surface area contributed by atoms with Gasteiger partial charge in [0.25, 0.3) is 6.47 Å². The van der Waals surface area contributed by atoms with Gasteiger partial charge < -0.3 is 22.0 Å². The van der Waals surface area contributed by atoms with Crippen molar-refractivity contribution >= 4 is 41.1 Å². The second kappa shape index (κ2) is 13.9. The molecule has 0 N–H and O–H groups in total. The molecule has 0 radical (unpaired) electrons. The third kappa shape index (κ3) is 7.74. The Kier molecular flexibility index (Phi) is 11.1. The van der Waals surface area contributed by atoms with Gasteiger partial charge in [-0.15, -0.1) is 0 Å². The van der Waals surface area contributed by atoms with Crippen LogP contribution in [-0.4, -0.2) is 60.8 Å². The molecule has 0 saturated heterocycles. The van der Waals surface area contributed by atoms with Crippen LogP contribution in [0.4, 0.5) is 19.0 Å². The average molecular weight is 633 g/mol. The summed E-state index contributed by atoms with van der Waals surface area (Å²) < 4.78 is 48.0. The quantitative estimate of drug-likeness (QED) is 0.295. The molecule has 1 atom stereocenters. The van der Waals surface area contributed by atoms with Crippen molar-refractivity contribution in [1.82, 2.24) is 14.5 Å². The molecule has 0 spiro atoms. The van der Waals surface area contributed by atoms with E-state index in [1.165, 1.54) is 41.5 Å². The van der Waals surface area contributed by atoms with Crippen molar-refractivity contribution in [3.63, 3.8) is 0 Å². The predicted molar refractivity (Wildman–Crippen MR) is 148 cm³/mol. The van der Waals surface area contributed by atoms with Gasteiger partial charge in [0.2, 0.25) is 6.33 Å². The number of imidazole rings is 1. The van der Waals surface area contributed by atoms with E-state index in [0.29, 0.717) is 19.6 Å². The van der Waals surface area contributed by atoms with Crippen molar-refractivity contribution in [1.29, 1.82) is 0 Å². The van der Waals surface area contributed by atoms with Gasteiger partial charge in [-0.05, 0) is 59.4 Å². The van der Waals surface area contributed by atoms with Crippen LogP contribution < -0.4 is 21.9 Å². The molecule has 1 aliphatic carbocycles. The Hall–Kier alpha value is -2.79. The minimum Gasteiger partial charge on any atom is -1.00 e. The number of ether oxygens (including phenoxy) is 1. The van der Waals surface area contributed by atoms with Crippen molar-refractivity contribution in [2.45, 2.75) is 31.6 Å². The highest BCUT2D eigenvalue weighted by molar-refractivity contribution is 6.31. The smallest absolute Gasteiger partial charge is 0.434 e. The predicted octanol–water partition coefficient (Wildman–Crippen LogP) is 2.05. The maximum absolute atomic E-state index is 13.3. The second-order valence-electron chi connectivity index (χ2n) is 9.81. The number of carbonyl (C=O) groups excluding carboxylic acids is 1. The lowest BCUT2D eigenvalue weighted by molar-refractivity contribution is -0.671. The lowest BCUT2D eigenvalue weighted by Crippen LogP contribution is -3.00. The minimum absolute atomic E-state index is 0. The first-order valence-electron chi connectivity index (χ1n) is 12.7. The Bertz CT molecular complexity index is 1400. The molecule has 0 amide bonds. The zero-order valence-electron chi connectivity index (χ0n) is 22.8. The molecular weight excluding hydrogens is 602 g/mol. The minimum atomic E-state index is -4.60. The lowest BCUT2D eigenvalue weighted by Gasteiger charge is -2.37. The highest BCUT2D eigenvalue weighted by atomic mass is 35.5. The van der Waals surface area contributed by atoms with Gasteiger partial charge in [-0.2, -0.15) is 13.2 Å². The molecule has 3 heterocycles. The van der Waals surface area contributed by atoms with Gasteiger partial charge in [0, 0.05) is 31.7 Å². The number of halogens is 6. The number of nitrogens with zero attached hydrogens (tertiary/aromatic N) is 5. The number of benzene rings is 1. The van der Waals surface area contributed by atoms with E-state index in [2.05, 4.69) is 43.8 Å². The van der Waals surface area contributed by atoms with E-state index in [0.717, 1.165) is 31.0 Å². The van der Waals surface area contributed by atoms with Gasteiger partial charge in [-0.1, -0.05) is 29.3 Å². The Morgan fingerprint density at radius 1 is 1.24 bits per heavy atom. The molecule has 13 heteroatoms. The van der Waals surface area contributed by atoms with Gasteiger partial charge in [0.1, 0.15) is 24.8 Å². The molecule has 2 aromatic heterocycles. The maximum atomic E-state index is 13.3. The topological polar surface area (TPSA) is 54.5 Å². The number of aryl methyl sites for hydroxylation is 1. The molecular formula is C28H31Cl3F3N5O2. The van der Waals surface area contributed by atoms with Gasteiger partial charge in [0.05, 0.1) is 25.2 Å². The second-order valence-corrected chi connectivity index (χ2v) is 10.7. The van der Waals surface area contributed by atoms with Crippen molar-refractivity contribution in [3.8, 4) is 0 Å². The van der Waals surface area contributed by atoms with Crippen LogP contribution in [0.1, 0.15) is 23.2 Å². The number of hydrogen-bond donors (Lipinski definition) is 0. The Morgan fingerprint density at radius 3 is 2.61 bits per heavy atom. The molecule has 5 rings (SSSR count). The first-order valence-corrected chi connectivity index (χ1v) is 13.4. The molecule has 222 valence electrons. The third-order valence-corrected chi connectivity index (χ3v) is 7.71. The van der Waals surface area contributed by atoms with Crippen molar-refractivity contribution in [3.05, 3.63) is 81.5 Å². The number of aromatic nitrogens is 3. The number of fused-ring (bicyclic) bond motifs is 2. The summed E-state index contributed by atoms with van der Waals surface area (Å²) in [5.74, 6) is 0.250. The summed E-state index contributed by atoms with van der Waals surface area (Å²) in [4.78, 5) is 16.9. The van der Waals surface area contributed by atoms with Crippen molar-refractivity contribution in [2.75, 3.05) is 38.7 Å². The molecule has 41 heavy (non-hydrogen) atoms. The highest BCUT2D eigenvalue weighted by Crippen LogP contribution is 2.42. The lowest BCUT2D eigenvalue weighted by atomic mass is 9.92. The molecule has 0 fully saturated rings. The van der Waals surface area contributed by atoms with Crippen LogP contribution in [0.3, 0.4) is 0 Å². The number of anilines is 1. The SMILES string of the molecule is CN(CCN1CCC2=C(Cc3ccc(Cl)cc32)C1Cn1cc[n+](C)c1)c1ccc(Cl)c(C(F)(F)F)n1.COC=O.[Cl-]. The summed E-state index contributed by atoms with van der Waals surface area (Å²) >= 11 is 12.1. The fourth-order valence-electron chi connectivity index (χ4n) is 5.25.